The fourth-order valence-corrected chi connectivity index (χ4v) is 4.21. The third-order valence-corrected chi connectivity index (χ3v) is 6.01. The number of carbonyl (C=O) groups is 1. The van der Waals surface area contributed by atoms with Crippen LogP contribution in [0.15, 0.2) is 34.0 Å². The zero-order valence-electron chi connectivity index (χ0n) is 13.1. The van der Waals surface area contributed by atoms with Crippen LogP contribution >= 0.6 is 22.9 Å². The fourth-order valence-electron chi connectivity index (χ4n) is 1.71. The minimum atomic E-state index is -3.60. The molecule has 0 saturated carbocycles. The molecular weight excluding hydrogens is 372 g/mol. The summed E-state index contributed by atoms with van der Waals surface area (Å²) >= 11 is 7.00. The van der Waals surface area contributed by atoms with E-state index in [2.05, 4.69) is 9.35 Å². The quantitative estimate of drug-likeness (QED) is 0.802. The first-order valence-corrected chi connectivity index (χ1v) is 10.0. The Morgan fingerprint density at radius 3 is 2.67 bits per heavy atom. The molecule has 2 unspecified atom stereocenters. The number of hydrogen-bond acceptors (Lipinski definition) is 7. The lowest BCUT2D eigenvalue weighted by atomic mass is 10.2. The SMILES string of the molecule is CCC(=O)OS(=O)(=Nc1nc(-c2ccc(Cl)cc2)cs1)C(O)CC. The van der Waals surface area contributed by atoms with Crippen molar-refractivity contribution in [3.63, 3.8) is 0 Å². The number of carbonyl (C=O) groups excluding carboxylic acids is 1. The first kappa shape index (κ1) is 18.9. The van der Waals surface area contributed by atoms with Gasteiger partial charge in [0.05, 0.1) is 5.69 Å². The number of nitrogens with zero attached hydrogens (tertiary/aromatic N) is 2. The summed E-state index contributed by atoms with van der Waals surface area (Å²) in [5.41, 5.74) is 0.0750. The molecule has 6 nitrogen and oxygen atoms in total. The smallest absolute Gasteiger partial charge is 0.320 e. The van der Waals surface area contributed by atoms with E-state index in [0.717, 1.165) is 16.9 Å². The van der Waals surface area contributed by atoms with Gasteiger partial charge in [-0.05, 0) is 18.6 Å². The highest BCUT2D eigenvalue weighted by atomic mass is 35.5. The summed E-state index contributed by atoms with van der Waals surface area (Å²) in [5.74, 6) is -0.689. The van der Waals surface area contributed by atoms with Crippen LogP contribution in [0, 0.1) is 0 Å². The minimum absolute atomic E-state index is 0.0385. The van der Waals surface area contributed by atoms with E-state index in [1.165, 1.54) is 0 Å². The van der Waals surface area contributed by atoms with Crippen molar-refractivity contribution in [3.8, 4) is 11.3 Å². The standard InChI is InChI=1S/C15H17ClN2O4S2/c1-3-13(19)22-24(21,14(20)4-2)18-15-17-12(9-23-15)10-5-7-11(16)8-6-10/h5-9,14,20H,3-4H2,1-2H3. The normalized spacial score (nSPS) is 14.7. The van der Waals surface area contributed by atoms with Crippen molar-refractivity contribution >= 4 is 44.0 Å². The summed E-state index contributed by atoms with van der Waals surface area (Å²) in [6.07, 6.45) is 0.172. The van der Waals surface area contributed by atoms with Crippen LogP contribution in [0.4, 0.5) is 5.13 Å². The Kier molecular flexibility index (Phi) is 6.34. The predicted octanol–water partition coefficient (Wildman–Crippen LogP) is 4.16. The average Bonchev–Trinajstić information content (AvgIpc) is 3.02. The summed E-state index contributed by atoms with van der Waals surface area (Å²) in [6.45, 7) is 3.20. The second kappa shape index (κ2) is 8.06. The third-order valence-electron chi connectivity index (χ3n) is 3.03. The molecule has 1 heterocycles. The number of aliphatic hydroxyl groups is 1. The number of thiazole rings is 1. The van der Waals surface area contributed by atoms with Gasteiger partial charge in [-0.3, -0.25) is 4.79 Å². The summed E-state index contributed by atoms with van der Waals surface area (Å²) < 4.78 is 21.6. The maximum atomic E-state index is 12.7. The van der Waals surface area contributed by atoms with E-state index in [9.17, 15) is 14.1 Å². The summed E-state index contributed by atoms with van der Waals surface area (Å²) in [4.78, 5) is 15.8. The molecule has 0 amide bonds. The summed E-state index contributed by atoms with van der Waals surface area (Å²) in [5, 5.41) is 12.5. The van der Waals surface area contributed by atoms with Crippen molar-refractivity contribution in [3.05, 3.63) is 34.7 Å². The Balaban J connectivity index is 2.38. The molecule has 1 aromatic carbocycles. The van der Waals surface area contributed by atoms with Crippen LogP contribution in [0.2, 0.25) is 5.02 Å². The molecule has 130 valence electrons. The van der Waals surface area contributed by atoms with Crippen LogP contribution in [0.3, 0.4) is 0 Å². The Hall–Kier alpha value is -1.48. The van der Waals surface area contributed by atoms with Crippen molar-refractivity contribution in [2.24, 2.45) is 4.36 Å². The molecule has 0 aliphatic rings. The highest BCUT2D eigenvalue weighted by Crippen LogP contribution is 2.29. The topological polar surface area (TPSA) is 88.9 Å². The molecule has 0 spiro atoms. The molecule has 0 bridgehead atoms. The van der Waals surface area contributed by atoms with Gasteiger partial charge >= 0.3 is 5.97 Å². The second-order valence-corrected chi connectivity index (χ2v) is 8.00. The van der Waals surface area contributed by atoms with Gasteiger partial charge in [0, 0.05) is 22.4 Å². The van der Waals surface area contributed by atoms with Gasteiger partial charge in [0.2, 0.25) is 15.1 Å². The molecule has 1 N–H and O–H groups in total. The maximum absolute atomic E-state index is 12.7. The minimum Gasteiger partial charge on any atom is -0.375 e. The van der Waals surface area contributed by atoms with Crippen LogP contribution in [-0.4, -0.2) is 25.7 Å². The summed E-state index contributed by atoms with van der Waals surface area (Å²) in [6, 6.07) is 7.08. The van der Waals surface area contributed by atoms with Gasteiger partial charge in [-0.25, -0.2) is 9.19 Å². The van der Waals surface area contributed by atoms with E-state index in [4.69, 9.17) is 15.8 Å². The second-order valence-electron chi connectivity index (χ2n) is 4.80. The van der Waals surface area contributed by atoms with Crippen LogP contribution in [0.5, 0.6) is 0 Å². The zero-order valence-corrected chi connectivity index (χ0v) is 15.5. The van der Waals surface area contributed by atoms with E-state index in [1.807, 2.05) is 0 Å². The fraction of sp³-hybridized carbons (Fsp3) is 0.333. The monoisotopic (exact) mass is 388 g/mol. The Morgan fingerprint density at radius 2 is 2.08 bits per heavy atom. The van der Waals surface area contributed by atoms with E-state index >= 15 is 0 Å². The number of aliphatic hydroxyl groups excluding tert-OH is 1. The Bertz CT molecular complexity index is 826. The van der Waals surface area contributed by atoms with Gasteiger partial charge < -0.3 is 9.29 Å². The van der Waals surface area contributed by atoms with Crippen molar-refractivity contribution < 1.29 is 18.3 Å². The Morgan fingerprint density at radius 1 is 1.42 bits per heavy atom. The first-order valence-electron chi connectivity index (χ1n) is 7.25. The first-order chi connectivity index (χ1) is 11.4. The van der Waals surface area contributed by atoms with Crippen molar-refractivity contribution in [1.29, 1.82) is 0 Å². The lowest BCUT2D eigenvalue weighted by Crippen LogP contribution is -2.24. The van der Waals surface area contributed by atoms with Gasteiger partial charge in [0.1, 0.15) is 0 Å². The molecular formula is C15H17ClN2O4S2. The maximum Gasteiger partial charge on any atom is 0.320 e. The number of aromatic nitrogens is 1. The lowest BCUT2D eigenvalue weighted by Gasteiger charge is -2.13. The number of hydrogen-bond donors (Lipinski definition) is 1. The van der Waals surface area contributed by atoms with E-state index in [1.54, 1.807) is 43.5 Å². The molecule has 2 aromatic rings. The summed E-state index contributed by atoms with van der Waals surface area (Å²) in [7, 11) is -3.60. The van der Waals surface area contributed by atoms with Crippen LogP contribution in [-0.2, 0) is 19.0 Å². The zero-order chi connectivity index (χ0) is 17.7. The lowest BCUT2D eigenvalue weighted by molar-refractivity contribution is -0.133. The van der Waals surface area contributed by atoms with E-state index in [0.29, 0.717) is 10.7 Å². The number of benzene rings is 1. The molecule has 0 saturated heterocycles. The number of rotatable bonds is 6. The highest BCUT2D eigenvalue weighted by Gasteiger charge is 2.25. The predicted molar refractivity (Wildman–Crippen MR) is 95.5 cm³/mol. The van der Waals surface area contributed by atoms with Crippen molar-refractivity contribution in [2.75, 3.05) is 0 Å². The van der Waals surface area contributed by atoms with E-state index in [-0.39, 0.29) is 18.0 Å². The van der Waals surface area contributed by atoms with Crippen LogP contribution < -0.4 is 0 Å². The van der Waals surface area contributed by atoms with Gasteiger partial charge in [-0.2, -0.15) is 0 Å². The average molecular weight is 389 g/mol. The third kappa shape index (κ3) is 4.54. The molecule has 9 heteroatoms. The molecule has 0 fully saturated rings. The number of halogens is 1. The van der Waals surface area contributed by atoms with Crippen LogP contribution in [0.25, 0.3) is 11.3 Å². The molecule has 2 atom stereocenters. The van der Waals surface area contributed by atoms with Gasteiger partial charge in [0.25, 0.3) is 0 Å². The molecule has 1 aromatic heterocycles. The van der Waals surface area contributed by atoms with Gasteiger partial charge in [0.15, 0.2) is 5.44 Å². The Labute approximate surface area is 149 Å². The van der Waals surface area contributed by atoms with Gasteiger partial charge in [-0.1, -0.05) is 37.6 Å². The molecule has 0 radical (unpaired) electrons. The van der Waals surface area contributed by atoms with Crippen molar-refractivity contribution in [1.82, 2.24) is 4.98 Å². The highest BCUT2D eigenvalue weighted by molar-refractivity contribution is 7.90. The van der Waals surface area contributed by atoms with Gasteiger partial charge in [-0.15, -0.1) is 15.7 Å². The molecule has 2 rings (SSSR count). The molecule has 0 aliphatic heterocycles. The molecule has 0 aliphatic carbocycles. The largest absolute Gasteiger partial charge is 0.375 e. The van der Waals surface area contributed by atoms with Crippen molar-refractivity contribution in [2.45, 2.75) is 32.1 Å². The molecule has 24 heavy (non-hydrogen) atoms. The van der Waals surface area contributed by atoms with Crippen LogP contribution in [0.1, 0.15) is 26.7 Å². The van der Waals surface area contributed by atoms with E-state index < -0.39 is 21.4 Å².